The normalized spacial score (nSPS) is 11.7. The molecule has 0 fully saturated rings. The van der Waals surface area contributed by atoms with Crippen LogP contribution < -0.4 is 0 Å². The molecule has 1 aromatic rings. The SMILES string of the molecule is [CH2]CCCCCC(F)(F)Cc1ccccc1. The van der Waals surface area contributed by atoms with Crippen LogP contribution in [0.3, 0.4) is 0 Å². The van der Waals surface area contributed by atoms with Gasteiger partial charge >= 0.3 is 0 Å². The molecule has 0 bridgehead atoms. The standard InChI is InChI=1S/C14H19F2/c1-2-3-4-8-11-14(15,16)12-13-9-6-5-7-10-13/h5-7,9-10H,1-4,8,11-12H2. The van der Waals surface area contributed by atoms with E-state index in [9.17, 15) is 8.78 Å². The topological polar surface area (TPSA) is 0 Å². The maximum Gasteiger partial charge on any atom is 0.252 e. The van der Waals surface area contributed by atoms with E-state index >= 15 is 0 Å². The molecule has 2 heteroatoms. The third kappa shape index (κ3) is 5.24. The van der Waals surface area contributed by atoms with Crippen molar-refractivity contribution in [2.24, 2.45) is 0 Å². The summed E-state index contributed by atoms with van der Waals surface area (Å²) in [5, 5.41) is 0. The van der Waals surface area contributed by atoms with Gasteiger partial charge in [-0.2, -0.15) is 0 Å². The zero-order valence-corrected chi connectivity index (χ0v) is 9.59. The van der Waals surface area contributed by atoms with Crippen molar-refractivity contribution in [3.63, 3.8) is 0 Å². The second-order valence-corrected chi connectivity index (χ2v) is 4.18. The molecule has 0 unspecified atom stereocenters. The first-order valence-corrected chi connectivity index (χ1v) is 5.85. The molecule has 0 heterocycles. The van der Waals surface area contributed by atoms with E-state index in [2.05, 4.69) is 6.92 Å². The third-order valence-electron chi connectivity index (χ3n) is 2.60. The van der Waals surface area contributed by atoms with E-state index in [0.717, 1.165) is 19.3 Å². The number of unbranched alkanes of at least 4 members (excludes halogenated alkanes) is 3. The van der Waals surface area contributed by atoms with E-state index in [0.29, 0.717) is 12.0 Å². The van der Waals surface area contributed by atoms with Crippen LogP contribution in [0.15, 0.2) is 30.3 Å². The predicted molar refractivity (Wildman–Crippen MR) is 63.5 cm³/mol. The molecule has 0 atom stereocenters. The smallest absolute Gasteiger partial charge is 0.207 e. The van der Waals surface area contributed by atoms with Crippen molar-refractivity contribution in [2.45, 2.75) is 44.4 Å². The summed E-state index contributed by atoms with van der Waals surface area (Å²) in [6, 6.07) is 8.95. The lowest BCUT2D eigenvalue weighted by Crippen LogP contribution is -2.19. The van der Waals surface area contributed by atoms with Crippen LogP contribution in [0.2, 0.25) is 0 Å². The van der Waals surface area contributed by atoms with Gasteiger partial charge in [-0.25, -0.2) is 8.78 Å². The highest BCUT2D eigenvalue weighted by Crippen LogP contribution is 2.26. The first-order valence-electron chi connectivity index (χ1n) is 5.85. The molecule has 0 N–H and O–H groups in total. The molecular formula is C14H19F2. The Bertz CT molecular complexity index is 280. The molecule has 1 aromatic carbocycles. The Labute approximate surface area is 96.7 Å². The number of alkyl halides is 2. The summed E-state index contributed by atoms with van der Waals surface area (Å²) in [5.41, 5.74) is 0.713. The van der Waals surface area contributed by atoms with E-state index < -0.39 is 5.92 Å². The molecule has 1 radical (unpaired) electrons. The minimum atomic E-state index is -2.57. The van der Waals surface area contributed by atoms with Crippen molar-refractivity contribution in [3.8, 4) is 0 Å². The summed E-state index contributed by atoms with van der Waals surface area (Å²) in [4.78, 5) is 0. The highest BCUT2D eigenvalue weighted by atomic mass is 19.3. The number of hydrogen-bond acceptors (Lipinski definition) is 0. The first-order chi connectivity index (χ1) is 7.64. The summed E-state index contributed by atoms with van der Waals surface area (Å²) in [5.74, 6) is -2.57. The van der Waals surface area contributed by atoms with Gasteiger partial charge in [0.2, 0.25) is 0 Å². The van der Waals surface area contributed by atoms with Gasteiger partial charge < -0.3 is 0 Å². The molecule has 1 rings (SSSR count). The Morgan fingerprint density at radius 2 is 1.69 bits per heavy atom. The van der Waals surface area contributed by atoms with Crippen molar-refractivity contribution in [2.75, 3.05) is 0 Å². The third-order valence-corrected chi connectivity index (χ3v) is 2.60. The van der Waals surface area contributed by atoms with Gasteiger partial charge in [-0.15, -0.1) is 0 Å². The fourth-order valence-corrected chi connectivity index (χ4v) is 1.72. The van der Waals surface area contributed by atoms with Gasteiger partial charge in [0.05, 0.1) is 0 Å². The van der Waals surface area contributed by atoms with Crippen LogP contribution in [0.25, 0.3) is 0 Å². The van der Waals surface area contributed by atoms with Crippen LogP contribution in [0.5, 0.6) is 0 Å². The van der Waals surface area contributed by atoms with Crippen LogP contribution in [0, 0.1) is 6.92 Å². The van der Waals surface area contributed by atoms with Crippen LogP contribution in [0.1, 0.15) is 37.7 Å². The molecule has 0 saturated heterocycles. The van der Waals surface area contributed by atoms with Gasteiger partial charge in [-0.1, -0.05) is 56.5 Å². The molecule has 0 aromatic heterocycles. The van der Waals surface area contributed by atoms with Crippen molar-refractivity contribution >= 4 is 0 Å². The first kappa shape index (κ1) is 13.1. The molecule has 0 aliphatic carbocycles. The lowest BCUT2D eigenvalue weighted by atomic mass is 10.0. The Hall–Kier alpha value is -0.920. The molecule has 0 saturated carbocycles. The van der Waals surface area contributed by atoms with Gasteiger partial charge in [-0.05, 0) is 12.0 Å². The largest absolute Gasteiger partial charge is 0.252 e. The monoisotopic (exact) mass is 225 g/mol. The second-order valence-electron chi connectivity index (χ2n) is 4.18. The van der Waals surface area contributed by atoms with E-state index in [1.54, 1.807) is 24.3 Å². The zero-order chi connectivity index (χ0) is 11.9. The molecule has 89 valence electrons. The number of benzene rings is 1. The van der Waals surface area contributed by atoms with Crippen LogP contribution >= 0.6 is 0 Å². The summed E-state index contributed by atoms with van der Waals surface area (Å²) in [6.45, 7) is 3.70. The Morgan fingerprint density at radius 1 is 1.00 bits per heavy atom. The molecular weight excluding hydrogens is 206 g/mol. The van der Waals surface area contributed by atoms with Gasteiger partial charge in [-0.3, -0.25) is 0 Å². The quantitative estimate of drug-likeness (QED) is 0.592. The lowest BCUT2D eigenvalue weighted by Gasteiger charge is -2.16. The van der Waals surface area contributed by atoms with Crippen molar-refractivity contribution in [3.05, 3.63) is 42.8 Å². The average molecular weight is 225 g/mol. The van der Waals surface area contributed by atoms with E-state index in [1.807, 2.05) is 6.07 Å². The van der Waals surface area contributed by atoms with Gasteiger partial charge in [0.25, 0.3) is 5.92 Å². The van der Waals surface area contributed by atoms with Crippen LogP contribution in [-0.4, -0.2) is 5.92 Å². The lowest BCUT2D eigenvalue weighted by molar-refractivity contribution is -0.00945. The minimum absolute atomic E-state index is 0.0120. The molecule has 0 amide bonds. The zero-order valence-electron chi connectivity index (χ0n) is 9.59. The van der Waals surface area contributed by atoms with E-state index in [1.165, 1.54) is 0 Å². The van der Waals surface area contributed by atoms with Gasteiger partial charge in [0, 0.05) is 12.8 Å². The highest BCUT2D eigenvalue weighted by Gasteiger charge is 2.28. The summed E-state index contributed by atoms with van der Waals surface area (Å²) >= 11 is 0. The van der Waals surface area contributed by atoms with Crippen molar-refractivity contribution in [1.82, 2.24) is 0 Å². The Balaban J connectivity index is 2.33. The summed E-state index contributed by atoms with van der Waals surface area (Å²) < 4.78 is 27.0. The van der Waals surface area contributed by atoms with Crippen molar-refractivity contribution < 1.29 is 8.78 Å². The van der Waals surface area contributed by atoms with Gasteiger partial charge in [0.1, 0.15) is 0 Å². The fraction of sp³-hybridized carbons (Fsp3) is 0.500. The maximum atomic E-state index is 13.5. The molecule has 16 heavy (non-hydrogen) atoms. The van der Waals surface area contributed by atoms with Gasteiger partial charge in [0.15, 0.2) is 0 Å². The Morgan fingerprint density at radius 3 is 2.31 bits per heavy atom. The van der Waals surface area contributed by atoms with Crippen LogP contribution in [-0.2, 0) is 6.42 Å². The minimum Gasteiger partial charge on any atom is -0.207 e. The van der Waals surface area contributed by atoms with E-state index in [4.69, 9.17) is 0 Å². The molecule has 0 nitrogen and oxygen atoms in total. The highest BCUT2D eigenvalue weighted by molar-refractivity contribution is 5.16. The number of rotatable bonds is 7. The molecule has 0 spiro atoms. The average Bonchev–Trinajstić information content (AvgIpc) is 2.25. The van der Waals surface area contributed by atoms with Crippen LogP contribution in [0.4, 0.5) is 8.78 Å². The number of halogens is 2. The predicted octanol–water partition coefficient (Wildman–Crippen LogP) is 4.65. The molecule has 0 aliphatic rings. The number of hydrogen-bond donors (Lipinski definition) is 0. The Kier molecular flexibility index (Phi) is 5.44. The fourth-order valence-electron chi connectivity index (χ4n) is 1.72. The second kappa shape index (κ2) is 6.62. The van der Waals surface area contributed by atoms with Crippen molar-refractivity contribution in [1.29, 1.82) is 0 Å². The van der Waals surface area contributed by atoms with E-state index in [-0.39, 0.29) is 12.8 Å². The summed E-state index contributed by atoms with van der Waals surface area (Å²) in [6.07, 6.45) is 3.08. The maximum absolute atomic E-state index is 13.5. The summed E-state index contributed by atoms with van der Waals surface area (Å²) in [7, 11) is 0. The molecule has 0 aliphatic heterocycles.